The molecule has 0 bridgehead atoms. The summed E-state index contributed by atoms with van der Waals surface area (Å²) in [6, 6.07) is 0. The Morgan fingerprint density at radius 2 is 2.17 bits per heavy atom. The molecule has 0 amide bonds. The highest BCUT2D eigenvalue weighted by molar-refractivity contribution is 5.84. The van der Waals surface area contributed by atoms with Crippen LogP contribution in [-0.4, -0.2) is 12.0 Å². The molecule has 1 heterocycles. The van der Waals surface area contributed by atoms with Crippen LogP contribution in [0.4, 0.5) is 13.2 Å². The van der Waals surface area contributed by atoms with E-state index < -0.39 is 11.7 Å². The Hall–Kier alpha value is -1.00. The van der Waals surface area contributed by atoms with Gasteiger partial charge in [-0.05, 0) is 6.42 Å². The Morgan fingerprint density at radius 3 is 2.58 bits per heavy atom. The van der Waals surface area contributed by atoms with Crippen molar-refractivity contribution in [2.45, 2.75) is 19.5 Å². The molecule has 1 aliphatic heterocycles. The quantitative estimate of drug-likeness (QED) is 0.603. The predicted octanol–water partition coefficient (Wildman–Crippen LogP) is 1.83. The lowest BCUT2D eigenvalue weighted by Crippen LogP contribution is -2.27. The first-order chi connectivity index (χ1) is 5.41. The molecule has 1 unspecified atom stereocenters. The van der Waals surface area contributed by atoms with Crippen LogP contribution in [-0.2, 0) is 0 Å². The zero-order valence-electron chi connectivity index (χ0n) is 6.52. The van der Waals surface area contributed by atoms with Gasteiger partial charge in [-0.15, -0.1) is 0 Å². The minimum absolute atomic E-state index is 0.0706. The summed E-state index contributed by atoms with van der Waals surface area (Å²) in [5.74, 6) is -0.0466. The maximum atomic E-state index is 12.1. The summed E-state index contributed by atoms with van der Waals surface area (Å²) < 4.78 is 36.2. The molecule has 12 heavy (non-hydrogen) atoms. The van der Waals surface area contributed by atoms with E-state index in [0.29, 0.717) is 0 Å². The highest BCUT2D eigenvalue weighted by atomic mass is 19.4. The first kappa shape index (κ1) is 9.09. The Bertz CT molecular complexity index is 240. The van der Waals surface area contributed by atoms with Gasteiger partial charge in [0.2, 0.25) is 0 Å². The average Bonchev–Trinajstić information content (AvgIpc) is 1.92. The Labute approximate surface area is 68.0 Å². The molecule has 1 rings (SSSR count). The van der Waals surface area contributed by atoms with Gasteiger partial charge < -0.3 is 5.73 Å². The van der Waals surface area contributed by atoms with Crippen LogP contribution in [0.1, 0.15) is 13.3 Å². The normalized spacial score (nSPS) is 24.8. The van der Waals surface area contributed by atoms with E-state index in [2.05, 4.69) is 4.99 Å². The molecule has 5 heteroatoms. The van der Waals surface area contributed by atoms with Crippen LogP contribution >= 0.6 is 0 Å². The number of nitrogens with two attached hydrogens (primary N) is 1. The fourth-order valence-corrected chi connectivity index (χ4v) is 0.956. The van der Waals surface area contributed by atoms with Crippen molar-refractivity contribution < 1.29 is 13.2 Å². The number of alkyl halides is 3. The number of rotatable bonds is 0. The molecule has 2 N–H and O–H groups in total. The first-order valence-electron chi connectivity index (χ1n) is 3.50. The van der Waals surface area contributed by atoms with Crippen LogP contribution in [0.5, 0.6) is 0 Å². The largest absolute Gasteiger partial charge is 0.414 e. The third kappa shape index (κ3) is 1.78. The van der Waals surface area contributed by atoms with Crippen molar-refractivity contribution in [1.82, 2.24) is 0 Å². The molecule has 0 radical (unpaired) electrons. The van der Waals surface area contributed by atoms with Crippen molar-refractivity contribution in [3.8, 4) is 0 Å². The van der Waals surface area contributed by atoms with Gasteiger partial charge in [-0.3, -0.25) is 0 Å². The lowest BCUT2D eigenvalue weighted by atomic mass is 9.98. The molecule has 0 fully saturated rings. The van der Waals surface area contributed by atoms with E-state index >= 15 is 0 Å². The fourth-order valence-electron chi connectivity index (χ4n) is 0.956. The summed E-state index contributed by atoms with van der Waals surface area (Å²) in [5.41, 5.74) is 4.71. The molecule has 1 atom stereocenters. The van der Waals surface area contributed by atoms with Crippen molar-refractivity contribution in [2.24, 2.45) is 16.6 Å². The van der Waals surface area contributed by atoms with Gasteiger partial charge in [-0.25, -0.2) is 4.99 Å². The van der Waals surface area contributed by atoms with Crippen LogP contribution in [0, 0.1) is 5.92 Å². The zero-order valence-corrected chi connectivity index (χ0v) is 6.52. The number of hydrogen-bond donors (Lipinski definition) is 1. The second kappa shape index (κ2) is 2.80. The van der Waals surface area contributed by atoms with Gasteiger partial charge in [-0.1, -0.05) is 6.92 Å². The molecular weight excluding hydrogens is 169 g/mol. The number of halogens is 3. The van der Waals surface area contributed by atoms with Crippen LogP contribution in [0.15, 0.2) is 16.8 Å². The average molecular weight is 178 g/mol. The molecule has 0 aromatic rings. The molecule has 2 nitrogen and oxygen atoms in total. The minimum Gasteiger partial charge on any atom is -0.387 e. The number of hydrogen-bond acceptors (Lipinski definition) is 2. The lowest BCUT2D eigenvalue weighted by Gasteiger charge is -2.19. The van der Waals surface area contributed by atoms with E-state index in [9.17, 15) is 13.2 Å². The number of allylic oxidation sites excluding steroid dienone is 1. The molecule has 0 spiro atoms. The maximum absolute atomic E-state index is 12.1. The van der Waals surface area contributed by atoms with E-state index in [-0.39, 0.29) is 18.2 Å². The molecule has 1 aliphatic rings. The Kier molecular flexibility index (Phi) is 2.12. The SMILES string of the molecule is CC1CC(C(F)(F)F)=CN=C1N. The molecule has 0 aromatic heterocycles. The van der Waals surface area contributed by atoms with Crippen LogP contribution in [0.2, 0.25) is 0 Å². The van der Waals surface area contributed by atoms with Crippen LogP contribution < -0.4 is 5.73 Å². The van der Waals surface area contributed by atoms with Crippen molar-refractivity contribution in [3.63, 3.8) is 0 Å². The first-order valence-corrected chi connectivity index (χ1v) is 3.50. The smallest absolute Gasteiger partial charge is 0.387 e. The third-order valence-corrected chi connectivity index (χ3v) is 1.76. The molecular formula is C7H9F3N2. The summed E-state index contributed by atoms with van der Waals surface area (Å²) in [6.07, 6.45) is -3.54. The lowest BCUT2D eigenvalue weighted by molar-refractivity contribution is -0.0950. The van der Waals surface area contributed by atoms with E-state index in [0.717, 1.165) is 6.20 Å². The van der Waals surface area contributed by atoms with Gasteiger partial charge in [0.15, 0.2) is 0 Å². The van der Waals surface area contributed by atoms with E-state index in [1.165, 1.54) is 0 Å². The van der Waals surface area contributed by atoms with Crippen molar-refractivity contribution in [3.05, 3.63) is 11.8 Å². The number of amidine groups is 1. The highest BCUT2D eigenvalue weighted by Gasteiger charge is 2.36. The predicted molar refractivity (Wildman–Crippen MR) is 39.5 cm³/mol. The van der Waals surface area contributed by atoms with Crippen molar-refractivity contribution in [2.75, 3.05) is 0 Å². The topological polar surface area (TPSA) is 38.4 Å². The van der Waals surface area contributed by atoms with Gasteiger partial charge in [-0.2, -0.15) is 13.2 Å². The number of nitrogens with zero attached hydrogens (tertiary/aromatic N) is 1. The second-order valence-corrected chi connectivity index (χ2v) is 2.81. The summed E-state index contributed by atoms with van der Waals surface area (Å²) in [5, 5.41) is 0. The Balaban J connectivity index is 2.84. The van der Waals surface area contributed by atoms with Gasteiger partial charge in [0, 0.05) is 12.1 Å². The second-order valence-electron chi connectivity index (χ2n) is 2.81. The van der Waals surface area contributed by atoms with Crippen molar-refractivity contribution in [1.29, 1.82) is 0 Å². The molecule has 0 aromatic carbocycles. The summed E-state index contributed by atoms with van der Waals surface area (Å²) in [7, 11) is 0. The standard InChI is InChI=1S/C7H9F3N2/c1-4-2-5(7(8,9)10)3-12-6(4)11/h3-4H,2H2,1H3,(H2,11,12). The highest BCUT2D eigenvalue weighted by Crippen LogP contribution is 2.32. The van der Waals surface area contributed by atoms with Crippen LogP contribution in [0.3, 0.4) is 0 Å². The maximum Gasteiger partial charge on any atom is 0.414 e. The Morgan fingerprint density at radius 1 is 1.58 bits per heavy atom. The van der Waals surface area contributed by atoms with Crippen molar-refractivity contribution >= 4 is 5.84 Å². The van der Waals surface area contributed by atoms with Crippen LogP contribution in [0.25, 0.3) is 0 Å². The molecule has 0 saturated carbocycles. The molecule has 0 saturated heterocycles. The number of aliphatic imine (C=N–C) groups is 1. The van der Waals surface area contributed by atoms with Gasteiger partial charge in [0.1, 0.15) is 5.84 Å². The minimum atomic E-state index is -4.27. The molecule has 0 aliphatic carbocycles. The third-order valence-electron chi connectivity index (χ3n) is 1.76. The summed E-state index contributed by atoms with van der Waals surface area (Å²) in [4.78, 5) is 3.47. The summed E-state index contributed by atoms with van der Waals surface area (Å²) >= 11 is 0. The van der Waals surface area contributed by atoms with E-state index in [1.54, 1.807) is 6.92 Å². The zero-order chi connectivity index (χ0) is 9.35. The fraction of sp³-hybridized carbons (Fsp3) is 0.571. The monoisotopic (exact) mass is 178 g/mol. The van der Waals surface area contributed by atoms with E-state index in [4.69, 9.17) is 5.73 Å². The van der Waals surface area contributed by atoms with Gasteiger partial charge in [0.05, 0.1) is 5.57 Å². The molecule has 68 valence electrons. The summed E-state index contributed by atoms with van der Waals surface area (Å²) in [6.45, 7) is 1.62. The van der Waals surface area contributed by atoms with Gasteiger partial charge >= 0.3 is 6.18 Å². The van der Waals surface area contributed by atoms with Gasteiger partial charge in [0.25, 0.3) is 0 Å². The van der Waals surface area contributed by atoms with E-state index in [1.807, 2.05) is 0 Å².